The Labute approximate surface area is 121 Å². The normalized spacial score (nSPS) is 25.1. The molecule has 0 radical (unpaired) electrons. The number of fused-ring (bicyclic) bond motifs is 1. The zero-order valence-corrected chi connectivity index (χ0v) is 12.5. The van der Waals surface area contributed by atoms with Gasteiger partial charge in [0.15, 0.2) is 0 Å². The third-order valence-electron chi connectivity index (χ3n) is 4.85. The molecule has 1 saturated carbocycles. The minimum absolute atomic E-state index is 0.156. The molecule has 1 aromatic carbocycles. The highest BCUT2D eigenvalue weighted by atomic mass is 16.2. The predicted octanol–water partition coefficient (Wildman–Crippen LogP) is 3.09. The first-order valence-corrected chi connectivity index (χ1v) is 7.73. The molecule has 1 heterocycles. The van der Waals surface area contributed by atoms with Crippen molar-refractivity contribution in [3.05, 3.63) is 29.8 Å². The van der Waals surface area contributed by atoms with Crippen molar-refractivity contribution >= 4 is 11.6 Å². The number of nitrogens with zero attached hydrogens (tertiary/aromatic N) is 1. The topological polar surface area (TPSA) is 32.3 Å². The summed E-state index contributed by atoms with van der Waals surface area (Å²) >= 11 is 0. The van der Waals surface area contributed by atoms with Crippen LogP contribution >= 0.6 is 0 Å². The van der Waals surface area contributed by atoms with Crippen molar-refractivity contribution in [1.82, 2.24) is 5.32 Å². The average molecular weight is 272 g/mol. The second-order valence-corrected chi connectivity index (χ2v) is 6.59. The molecule has 1 fully saturated rings. The Morgan fingerprint density at radius 1 is 1.30 bits per heavy atom. The molecule has 1 amide bonds. The number of amides is 1. The Balaban J connectivity index is 1.96. The summed E-state index contributed by atoms with van der Waals surface area (Å²) in [6.45, 7) is 5.92. The highest BCUT2D eigenvalue weighted by Crippen LogP contribution is 2.40. The zero-order chi connectivity index (χ0) is 14.2. The fourth-order valence-electron chi connectivity index (χ4n) is 3.53. The van der Waals surface area contributed by atoms with E-state index in [2.05, 4.69) is 37.4 Å². The summed E-state index contributed by atoms with van der Waals surface area (Å²) < 4.78 is 0. The summed E-state index contributed by atoms with van der Waals surface area (Å²) in [5.41, 5.74) is 2.17. The van der Waals surface area contributed by atoms with Crippen molar-refractivity contribution in [1.29, 1.82) is 0 Å². The SMILES string of the molecule is CC1CN(C(=O)C2(C)CCCC2)c2ccccc2CN1. The van der Waals surface area contributed by atoms with Gasteiger partial charge in [0.2, 0.25) is 5.91 Å². The fraction of sp³-hybridized carbons (Fsp3) is 0.588. The van der Waals surface area contributed by atoms with E-state index < -0.39 is 0 Å². The molecule has 0 bridgehead atoms. The van der Waals surface area contributed by atoms with Crippen molar-refractivity contribution in [2.75, 3.05) is 11.4 Å². The van der Waals surface area contributed by atoms with Crippen LogP contribution in [-0.4, -0.2) is 18.5 Å². The van der Waals surface area contributed by atoms with Crippen molar-refractivity contribution < 1.29 is 4.79 Å². The lowest BCUT2D eigenvalue weighted by molar-refractivity contribution is -0.127. The lowest BCUT2D eigenvalue weighted by atomic mass is 9.86. The molecule has 2 aliphatic rings. The Morgan fingerprint density at radius 2 is 2.00 bits per heavy atom. The number of rotatable bonds is 1. The van der Waals surface area contributed by atoms with Gasteiger partial charge in [0.25, 0.3) is 0 Å². The van der Waals surface area contributed by atoms with Gasteiger partial charge in [-0.2, -0.15) is 0 Å². The monoisotopic (exact) mass is 272 g/mol. The summed E-state index contributed by atoms with van der Waals surface area (Å²) in [7, 11) is 0. The van der Waals surface area contributed by atoms with Crippen LogP contribution in [0.5, 0.6) is 0 Å². The highest BCUT2D eigenvalue weighted by molar-refractivity contribution is 5.98. The Morgan fingerprint density at radius 3 is 2.75 bits per heavy atom. The summed E-state index contributed by atoms with van der Waals surface area (Å²) in [6, 6.07) is 8.63. The third-order valence-corrected chi connectivity index (χ3v) is 4.85. The Bertz CT molecular complexity index is 505. The van der Waals surface area contributed by atoms with Gasteiger partial charge in [-0.05, 0) is 31.4 Å². The number of nitrogens with one attached hydrogen (secondary N) is 1. The smallest absolute Gasteiger partial charge is 0.232 e. The van der Waals surface area contributed by atoms with Crippen molar-refractivity contribution in [3.8, 4) is 0 Å². The summed E-state index contributed by atoms with van der Waals surface area (Å²) in [5, 5.41) is 3.49. The fourth-order valence-corrected chi connectivity index (χ4v) is 3.53. The molecule has 20 heavy (non-hydrogen) atoms. The third kappa shape index (κ3) is 2.35. The number of benzene rings is 1. The van der Waals surface area contributed by atoms with Crippen LogP contribution in [0.4, 0.5) is 5.69 Å². The molecule has 1 aliphatic carbocycles. The van der Waals surface area contributed by atoms with Crippen LogP contribution < -0.4 is 10.2 Å². The summed E-state index contributed by atoms with van der Waals surface area (Å²) in [5.74, 6) is 0.318. The molecule has 3 nitrogen and oxygen atoms in total. The molecule has 1 aromatic rings. The zero-order valence-electron chi connectivity index (χ0n) is 12.5. The Kier molecular flexibility index (Phi) is 3.55. The van der Waals surface area contributed by atoms with E-state index in [-0.39, 0.29) is 5.41 Å². The lowest BCUT2D eigenvalue weighted by Crippen LogP contribution is -2.45. The molecular weight excluding hydrogens is 248 g/mol. The number of carbonyl (C=O) groups is 1. The van der Waals surface area contributed by atoms with Crippen LogP contribution in [0.3, 0.4) is 0 Å². The summed E-state index contributed by atoms with van der Waals surface area (Å²) in [6.07, 6.45) is 4.44. The predicted molar refractivity (Wildman–Crippen MR) is 81.7 cm³/mol. The van der Waals surface area contributed by atoms with Gasteiger partial charge in [-0.25, -0.2) is 0 Å². The standard InChI is InChI=1S/C17H24N2O/c1-13-12-19(16(20)17(2)9-5-6-10-17)15-8-4-3-7-14(15)11-18-13/h3-4,7-8,13,18H,5-6,9-12H2,1-2H3. The second kappa shape index (κ2) is 5.21. The van der Waals surface area contributed by atoms with Gasteiger partial charge in [0, 0.05) is 30.2 Å². The first-order valence-electron chi connectivity index (χ1n) is 7.73. The number of hydrogen-bond donors (Lipinski definition) is 1. The van der Waals surface area contributed by atoms with Crippen LogP contribution in [0, 0.1) is 5.41 Å². The van der Waals surface area contributed by atoms with Gasteiger partial charge in [0.1, 0.15) is 0 Å². The van der Waals surface area contributed by atoms with Crippen LogP contribution in [0.1, 0.15) is 45.1 Å². The molecule has 0 aromatic heterocycles. The largest absolute Gasteiger partial charge is 0.310 e. The van der Waals surface area contributed by atoms with Crippen LogP contribution in [0.25, 0.3) is 0 Å². The average Bonchev–Trinajstić information content (AvgIpc) is 2.83. The minimum Gasteiger partial charge on any atom is -0.310 e. The second-order valence-electron chi connectivity index (χ2n) is 6.59. The molecule has 1 aliphatic heterocycles. The van der Waals surface area contributed by atoms with E-state index in [0.717, 1.165) is 31.6 Å². The van der Waals surface area contributed by atoms with E-state index in [1.165, 1.54) is 18.4 Å². The maximum Gasteiger partial charge on any atom is 0.232 e. The van der Waals surface area contributed by atoms with Gasteiger partial charge in [0.05, 0.1) is 0 Å². The molecular formula is C17H24N2O. The van der Waals surface area contributed by atoms with Crippen molar-refractivity contribution in [2.45, 2.75) is 52.1 Å². The van der Waals surface area contributed by atoms with Crippen molar-refractivity contribution in [2.24, 2.45) is 5.41 Å². The molecule has 1 atom stereocenters. The van der Waals surface area contributed by atoms with E-state index in [9.17, 15) is 4.79 Å². The highest BCUT2D eigenvalue weighted by Gasteiger charge is 2.40. The van der Waals surface area contributed by atoms with Gasteiger partial charge < -0.3 is 10.2 Å². The molecule has 0 saturated heterocycles. The van der Waals surface area contributed by atoms with Crippen LogP contribution in [0.2, 0.25) is 0 Å². The molecule has 0 spiro atoms. The van der Waals surface area contributed by atoms with Gasteiger partial charge in [-0.1, -0.05) is 38.0 Å². The summed E-state index contributed by atoms with van der Waals surface area (Å²) in [4.78, 5) is 15.1. The first kappa shape index (κ1) is 13.6. The van der Waals surface area contributed by atoms with E-state index in [0.29, 0.717) is 11.9 Å². The molecule has 1 N–H and O–H groups in total. The maximum atomic E-state index is 13.1. The quantitative estimate of drug-likeness (QED) is 0.852. The number of carbonyl (C=O) groups excluding carboxylic acids is 1. The molecule has 108 valence electrons. The van der Waals surface area contributed by atoms with E-state index in [1.807, 2.05) is 11.0 Å². The first-order chi connectivity index (χ1) is 9.60. The maximum absolute atomic E-state index is 13.1. The van der Waals surface area contributed by atoms with Gasteiger partial charge in [-0.15, -0.1) is 0 Å². The molecule has 3 rings (SSSR count). The molecule has 1 unspecified atom stereocenters. The lowest BCUT2D eigenvalue weighted by Gasteiger charge is -2.32. The van der Waals surface area contributed by atoms with Gasteiger partial charge >= 0.3 is 0 Å². The van der Waals surface area contributed by atoms with E-state index in [1.54, 1.807) is 0 Å². The Hall–Kier alpha value is -1.35. The minimum atomic E-state index is -0.156. The number of para-hydroxylation sites is 1. The van der Waals surface area contributed by atoms with Gasteiger partial charge in [-0.3, -0.25) is 4.79 Å². The molecule has 3 heteroatoms. The number of hydrogen-bond acceptors (Lipinski definition) is 2. The van der Waals surface area contributed by atoms with E-state index >= 15 is 0 Å². The van der Waals surface area contributed by atoms with Crippen molar-refractivity contribution in [3.63, 3.8) is 0 Å². The number of anilines is 1. The van der Waals surface area contributed by atoms with Crippen LogP contribution in [0.15, 0.2) is 24.3 Å². The van der Waals surface area contributed by atoms with Crippen LogP contribution in [-0.2, 0) is 11.3 Å². The van der Waals surface area contributed by atoms with E-state index in [4.69, 9.17) is 0 Å².